The first-order chi connectivity index (χ1) is 5.27. The molecule has 1 saturated heterocycles. The van der Waals surface area contributed by atoms with Gasteiger partial charge in [0.2, 0.25) is 0 Å². The average molecular weight is 180 g/mol. The average Bonchev–Trinajstić information content (AvgIpc) is 2.32. The number of hydrogen-bond donors (Lipinski definition) is 2. The fourth-order valence-electron chi connectivity index (χ4n) is 1.53. The number of rotatable bonds is 3. The van der Waals surface area contributed by atoms with Crippen molar-refractivity contribution in [2.45, 2.75) is 18.6 Å². The minimum Gasteiger partial charge on any atom is -0.395 e. The van der Waals surface area contributed by atoms with Gasteiger partial charge >= 0.3 is 0 Å². The summed E-state index contributed by atoms with van der Waals surface area (Å²) in [6, 6.07) is 0.115. The monoisotopic (exact) mass is 179 g/mol. The van der Waals surface area contributed by atoms with Crippen molar-refractivity contribution in [2.75, 3.05) is 25.6 Å². The Morgan fingerprint density at radius 2 is 2.27 bits per heavy atom. The van der Waals surface area contributed by atoms with E-state index in [0.29, 0.717) is 18.8 Å². The summed E-state index contributed by atoms with van der Waals surface area (Å²) in [6.45, 7) is 1.52. The van der Waals surface area contributed by atoms with Crippen LogP contribution in [0.1, 0.15) is 6.42 Å². The van der Waals surface area contributed by atoms with Gasteiger partial charge in [-0.3, -0.25) is 4.90 Å². The highest BCUT2D eigenvalue weighted by Gasteiger charge is 2.29. The number of alkyl halides is 1. The molecule has 1 rings (SSSR count). The lowest BCUT2D eigenvalue weighted by atomic mass is 10.2. The third-order valence-corrected chi connectivity index (χ3v) is 2.26. The summed E-state index contributed by atoms with van der Waals surface area (Å²) in [5.41, 5.74) is 0. The number of hydrogen-bond acceptors (Lipinski definition) is 3. The van der Waals surface area contributed by atoms with E-state index in [4.69, 9.17) is 16.7 Å². The van der Waals surface area contributed by atoms with E-state index in [1.54, 1.807) is 0 Å². The van der Waals surface area contributed by atoms with Gasteiger partial charge in [0.1, 0.15) is 0 Å². The number of β-amino-alcohol motifs (C(OH)–C–C–N with tert-alkyl or cyclic N) is 1. The molecule has 3 nitrogen and oxygen atoms in total. The van der Waals surface area contributed by atoms with Gasteiger partial charge in [0.15, 0.2) is 0 Å². The van der Waals surface area contributed by atoms with Gasteiger partial charge in [-0.05, 0) is 6.42 Å². The minimum atomic E-state index is -0.282. The highest BCUT2D eigenvalue weighted by molar-refractivity contribution is 6.18. The molecule has 11 heavy (non-hydrogen) atoms. The molecule has 1 aliphatic heterocycles. The van der Waals surface area contributed by atoms with E-state index in [2.05, 4.69) is 0 Å². The maximum absolute atomic E-state index is 9.23. The van der Waals surface area contributed by atoms with Crippen LogP contribution in [-0.4, -0.2) is 52.8 Å². The van der Waals surface area contributed by atoms with Crippen molar-refractivity contribution < 1.29 is 10.2 Å². The van der Waals surface area contributed by atoms with Gasteiger partial charge in [-0.15, -0.1) is 11.6 Å². The fraction of sp³-hybridized carbons (Fsp3) is 1.00. The third-order valence-electron chi connectivity index (χ3n) is 2.09. The van der Waals surface area contributed by atoms with E-state index in [0.717, 1.165) is 6.54 Å². The van der Waals surface area contributed by atoms with Gasteiger partial charge < -0.3 is 10.2 Å². The van der Waals surface area contributed by atoms with Crippen molar-refractivity contribution in [3.05, 3.63) is 0 Å². The molecule has 0 saturated carbocycles. The Kier molecular flexibility index (Phi) is 3.59. The van der Waals surface area contributed by atoms with Gasteiger partial charge in [-0.2, -0.15) is 0 Å². The first kappa shape index (κ1) is 9.26. The van der Waals surface area contributed by atoms with Gasteiger partial charge in [-0.25, -0.2) is 0 Å². The van der Waals surface area contributed by atoms with Crippen molar-refractivity contribution >= 4 is 11.6 Å². The second-order valence-corrected chi connectivity index (χ2v) is 3.29. The summed E-state index contributed by atoms with van der Waals surface area (Å²) in [5.74, 6) is 0.559. The van der Waals surface area contributed by atoms with Crippen LogP contribution in [0.3, 0.4) is 0 Å². The summed E-state index contributed by atoms with van der Waals surface area (Å²) in [4.78, 5) is 2.03. The maximum atomic E-state index is 9.23. The Morgan fingerprint density at radius 1 is 1.55 bits per heavy atom. The lowest BCUT2D eigenvalue weighted by Crippen LogP contribution is -2.33. The van der Waals surface area contributed by atoms with Gasteiger partial charge in [-0.1, -0.05) is 0 Å². The SMILES string of the molecule is OCC1CC(O)CN1CCCl. The van der Waals surface area contributed by atoms with Crippen molar-refractivity contribution in [2.24, 2.45) is 0 Å². The molecule has 2 unspecified atom stereocenters. The largest absolute Gasteiger partial charge is 0.395 e. The van der Waals surface area contributed by atoms with E-state index >= 15 is 0 Å². The molecule has 0 spiro atoms. The molecular weight excluding hydrogens is 166 g/mol. The first-order valence-corrected chi connectivity index (χ1v) is 4.40. The molecule has 0 aromatic rings. The molecular formula is C7H14ClNO2. The molecule has 1 aliphatic rings. The van der Waals surface area contributed by atoms with Crippen LogP contribution in [0.4, 0.5) is 0 Å². The van der Waals surface area contributed by atoms with E-state index in [1.165, 1.54) is 0 Å². The maximum Gasteiger partial charge on any atom is 0.0683 e. The van der Waals surface area contributed by atoms with Crippen LogP contribution in [0.2, 0.25) is 0 Å². The molecule has 1 fully saturated rings. The second kappa shape index (κ2) is 4.26. The lowest BCUT2D eigenvalue weighted by molar-refractivity contribution is 0.162. The highest BCUT2D eigenvalue weighted by Crippen LogP contribution is 2.16. The Bertz CT molecular complexity index is 123. The number of nitrogens with zero attached hydrogens (tertiary/aromatic N) is 1. The molecule has 0 amide bonds. The van der Waals surface area contributed by atoms with Gasteiger partial charge in [0, 0.05) is 25.0 Å². The van der Waals surface area contributed by atoms with Gasteiger partial charge in [0.25, 0.3) is 0 Å². The molecule has 2 atom stereocenters. The summed E-state index contributed by atoms with van der Waals surface area (Å²) >= 11 is 5.55. The topological polar surface area (TPSA) is 43.7 Å². The molecule has 66 valence electrons. The van der Waals surface area contributed by atoms with Crippen molar-refractivity contribution in [1.82, 2.24) is 4.90 Å². The Morgan fingerprint density at radius 3 is 2.82 bits per heavy atom. The number of aliphatic hydroxyl groups excluding tert-OH is 2. The molecule has 0 bridgehead atoms. The van der Waals surface area contributed by atoms with Crippen LogP contribution >= 0.6 is 11.6 Å². The van der Waals surface area contributed by atoms with Gasteiger partial charge in [0.05, 0.1) is 12.7 Å². The minimum absolute atomic E-state index is 0.115. The molecule has 2 N–H and O–H groups in total. The fourth-order valence-corrected chi connectivity index (χ4v) is 1.75. The van der Waals surface area contributed by atoms with Crippen LogP contribution in [0.15, 0.2) is 0 Å². The van der Waals surface area contributed by atoms with Crippen LogP contribution in [0.5, 0.6) is 0 Å². The number of likely N-dealkylation sites (tertiary alicyclic amines) is 1. The Balaban J connectivity index is 2.37. The quantitative estimate of drug-likeness (QED) is 0.583. The van der Waals surface area contributed by atoms with E-state index in [1.807, 2.05) is 4.90 Å². The summed E-state index contributed by atoms with van der Waals surface area (Å²) in [7, 11) is 0. The second-order valence-electron chi connectivity index (χ2n) is 2.91. The van der Waals surface area contributed by atoms with Crippen LogP contribution < -0.4 is 0 Å². The van der Waals surface area contributed by atoms with Crippen molar-refractivity contribution in [1.29, 1.82) is 0 Å². The Labute approximate surface area is 71.6 Å². The molecule has 0 aromatic carbocycles. The third kappa shape index (κ3) is 2.30. The molecule has 0 aromatic heterocycles. The number of halogens is 1. The molecule has 0 aliphatic carbocycles. The summed E-state index contributed by atoms with van der Waals surface area (Å²) in [6.07, 6.45) is 0.392. The van der Waals surface area contributed by atoms with E-state index in [9.17, 15) is 5.11 Å². The first-order valence-electron chi connectivity index (χ1n) is 3.87. The zero-order chi connectivity index (χ0) is 8.27. The summed E-state index contributed by atoms with van der Waals surface area (Å²) < 4.78 is 0. The number of aliphatic hydroxyl groups is 2. The molecule has 4 heteroatoms. The van der Waals surface area contributed by atoms with Crippen molar-refractivity contribution in [3.63, 3.8) is 0 Å². The van der Waals surface area contributed by atoms with E-state index in [-0.39, 0.29) is 18.8 Å². The standard InChI is InChI=1S/C7H14ClNO2/c8-1-2-9-4-7(11)3-6(9)5-10/h6-7,10-11H,1-5H2. The lowest BCUT2D eigenvalue weighted by Gasteiger charge is -2.20. The molecule has 1 heterocycles. The van der Waals surface area contributed by atoms with Crippen LogP contribution in [-0.2, 0) is 0 Å². The Hall–Kier alpha value is 0.170. The van der Waals surface area contributed by atoms with E-state index < -0.39 is 0 Å². The van der Waals surface area contributed by atoms with Crippen molar-refractivity contribution in [3.8, 4) is 0 Å². The highest BCUT2D eigenvalue weighted by atomic mass is 35.5. The zero-order valence-corrected chi connectivity index (χ0v) is 7.17. The predicted octanol–water partition coefficient (Wildman–Crippen LogP) is -0.347. The smallest absolute Gasteiger partial charge is 0.0683 e. The molecule has 0 radical (unpaired) electrons. The van der Waals surface area contributed by atoms with Crippen LogP contribution in [0.25, 0.3) is 0 Å². The van der Waals surface area contributed by atoms with Crippen LogP contribution in [0, 0.1) is 0 Å². The predicted molar refractivity (Wildman–Crippen MR) is 43.8 cm³/mol. The normalized spacial score (nSPS) is 33.0. The summed E-state index contributed by atoms with van der Waals surface area (Å²) in [5, 5.41) is 18.1. The zero-order valence-electron chi connectivity index (χ0n) is 6.41.